The molecule has 0 radical (unpaired) electrons. The summed E-state index contributed by atoms with van der Waals surface area (Å²) in [5.41, 5.74) is 7.88. The highest BCUT2D eigenvalue weighted by Gasteiger charge is 2.02. The number of hydrogen-bond donors (Lipinski definition) is 1. The molecule has 0 saturated heterocycles. The molecule has 0 saturated carbocycles. The van der Waals surface area contributed by atoms with Crippen LogP contribution in [0.3, 0.4) is 0 Å². The molecule has 1 aromatic carbocycles. The molecule has 2 rings (SSSR count). The first kappa shape index (κ1) is 11.6. The molecule has 0 spiro atoms. The molecule has 88 valence electrons. The molecule has 0 aliphatic rings. The van der Waals surface area contributed by atoms with Gasteiger partial charge in [-0.05, 0) is 49.2 Å². The molecule has 3 nitrogen and oxygen atoms in total. The summed E-state index contributed by atoms with van der Waals surface area (Å²) in [5, 5.41) is 0. The van der Waals surface area contributed by atoms with Gasteiger partial charge in [-0.15, -0.1) is 0 Å². The minimum atomic E-state index is 0.669. The Labute approximate surface area is 101 Å². The minimum absolute atomic E-state index is 0.669. The van der Waals surface area contributed by atoms with Crippen LogP contribution in [0.1, 0.15) is 11.1 Å². The van der Waals surface area contributed by atoms with Crippen molar-refractivity contribution in [3.05, 3.63) is 53.9 Å². The van der Waals surface area contributed by atoms with Crippen molar-refractivity contribution in [2.24, 2.45) is 5.73 Å². The van der Waals surface area contributed by atoms with E-state index in [2.05, 4.69) is 11.1 Å². The summed E-state index contributed by atoms with van der Waals surface area (Å²) in [6.45, 7) is 2.70. The molecular formula is C14H16N2O. The SMILES string of the molecule is Cc1cc(CCN)ccc1Oc1cccnc1. The highest BCUT2D eigenvalue weighted by atomic mass is 16.5. The summed E-state index contributed by atoms with van der Waals surface area (Å²) >= 11 is 0. The lowest BCUT2D eigenvalue weighted by molar-refractivity contribution is 0.476. The predicted octanol–water partition coefficient (Wildman–Crippen LogP) is 2.68. The highest BCUT2D eigenvalue weighted by molar-refractivity contribution is 5.39. The molecule has 0 aliphatic heterocycles. The maximum absolute atomic E-state index is 5.75. The standard InChI is InChI=1S/C14H16N2O/c1-11-9-12(6-7-15)4-5-14(11)17-13-3-2-8-16-10-13/h2-5,8-10H,6-7,15H2,1H3. The summed E-state index contributed by atoms with van der Waals surface area (Å²) < 4.78 is 5.75. The molecule has 1 heterocycles. The fraction of sp³-hybridized carbons (Fsp3) is 0.214. The van der Waals surface area contributed by atoms with Crippen molar-refractivity contribution >= 4 is 0 Å². The molecule has 0 atom stereocenters. The molecule has 0 aliphatic carbocycles. The molecular weight excluding hydrogens is 212 g/mol. The van der Waals surface area contributed by atoms with E-state index in [9.17, 15) is 0 Å². The van der Waals surface area contributed by atoms with E-state index in [0.717, 1.165) is 23.5 Å². The van der Waals surface area contributed by atoms with Crippen LogP contribution in [-0.2, 0) is 6.42 Å². The van der Waals surface area contributed by atoms with Crippen LogP contribution in [0.2, 0.25) is 0 Å². The van der Waals surface area contributed by atoms with Crippen LogP contribution in [0.25, 0.3) is 0 Å². The van der Waals surface area contributed by atoms with Crippen LogP contribution >= 0.6 is 0 Å². The van der Waals surface area contributed by atoms with Gasteiger partial charge < -0.3 is 10.5 Å². The monoisotopic (exact) mass is 228 g/mol. The van der Waals surface area contributed by atoms with Crippen LogP contribution in [0.5, 0.6) is 11.5 Å². The number of rotatable bonds is 4. The number of nitrogens with zero attached hydrogens (tertiary/aromatic N) is 1. The molecule has 2 N–H and O–H groups in total. The molecule has 17 heavy (non-hydrogen) atoms. The summed E-state index contributed by atoms with van der Waals surface area (Å²) in [5.74, 6) is 1.61. The van der Waals surface area contributed by atoms with Gasteiger partial charge in [-0.1, -0.05) is 12.1 Å². The molecule has 3 heteroatoms. The summed E-state index contributed by atoms with van der Waals surface area (Å²) in [7, 11) is 0. The van der Waals surface area contributed by atoms with E-state index < -0.39 is 0 Å². The normalized spacial score (nSPS) is 10.2. The number of aromatic nitrogens is 1. The largest absolute Gasteiger partial charge is 0.455 e. The summed E-state index contributed by atoms with van der Waals surface area (Å²) in [4.78, 5) is 4.02. The highest BCUT2D eigenvalue weighted by Crippen LogP contribution is 2.25. The van der Waals surface area contributed by atoms with Crippen molar-refractivity contribution in [3.8, 4) is 11.5 Å². The van der Waals surface area contributed by atoms with Gasteiger partial charge in [0, 0.05) is 6.20 Å². The Morgan fingerprint density at radius 1 is 1.29 bits per heavy atom. The van der Waals surface area contributed by atoms with Gasteiger partial charge in [0.1, 0.15) is 11.5 Å². The zero-order chi connectivity index (χ0) is 12.1. The van der Waals surface area contributed by atoms with Crippen molar-refractivity contribution in [2.75, 3.05) is 6.54 Å². The Morgan fingerprint density at radius 2 is 2.18 bits per heavy atom. The van der Waals surface area contributed by atoms with E-state index in [1.807, 2.05) is 31.2 Å². The van der Waals surface area contributed by atoms with E-state index in [4.69, 9.17) is 10.5 Å². The second-order valence-electron chi connectivity index (χ2n) is 3.93. The molecule has 0 amide bonds. The van der Waals surface area contributed by atoms with Gasteiger partial charge >= 0.3 is 0 Å². The van der Waals surface area contributed by atoms with Gasteiger partial charge in [0.2, 0.25) is 0 Å². The fourth-order valence-corrected chi connectivity index (χ4v) is 1.68. The van der Waals surface area contributed by atoms with Crippen LogP contribution in [-0.4, -0.2) is 11.5 Å². The molecule has 0 fully saturated rings. The second kappa shape index (κ2) is 5.46. The zero-order valence-corrected chi connectivity index (χ0v) is 9.89. The Bertz CT molecular complexity index is 483. The third-order valence-electron chi connectivity index (χ3n) is 2.53. The van der Waals surface area contributed by atoms with E-state index in [-0.39, 0.29) is 0 Å². The van der Waals surface area contributed by atoms with Crippen LogP contribution in [0, 0.1) is 6.92 Å². The molecule has 0 unspecified atom stereocenters. The van der Waals surface area contributed by atoms with E-state index in [1.165, 1.54) is 5.56 Å². The van der Waals surface area contributed by atoms with Crippen LogP contribution < -0.4 is 10.5 Å². The van der Waals surface area contributed by atoms with E-state index in [1.54, 1.807) is 12.4 Å². The first-order valence-corrected chi connectivity index (χ1v) is 5.67. The van der Waals surface area contributed by atoms with Crippen molar-refractivity contribution in [1.82, 2.24) is 4.98 Å². The lowest BCUT2D eigenvalue weighted by atomic mass is 10.1. The predicted molar refractivity (Wildman–Crippen MR) is 68.2 cm³/mol. The minimum Gasteiger partial charge on any atom is -0.455 e. The molecule has 1 aromatic heterocycles. The lowest BCUT2D eigenvalue weighted by Crippen LogP contribution is -2.02. The van der Waals surface area contributed by atoms with E-state index in [0.29, 0.717) is 6.54 Å². The average Bonchev–Trinajstić information content (AvgIpc) is 2.34. The Morgan fingerprint density at radius 3 is 2.82 bits per heavy atom. The second-order valence-corrected chi connectivity index (χ2v) is 3.93. The van der Waals surface area contributed by atoms with E-state index >= 15 is 0 Å². The zero-order valence-electron chi connectivity index (χ0n) is 9.89. The topological polar surface area (TPSA) is 48.1 Å². The Balaban J connectivity index is 2.17. The van der Waals surface area contributed by atoms with Crippen LogP contribution in [0.4, 0.5) is 0 Å². The summed E-state index contributed by atoms with van der Waals surface area (Å²) in [6, 6.07) is 9.88. The average molecular weight is 228 g/mol. The maximum Gasteiger partial charge on any atom is 0.145 e. The first-order valence-electron chi connectivity index (χ1n) is 5.67. The number of benzene rings is 1. The fourth-order valence-electron chi connectivity index (χ4n) is 1.68. The lowest BCUT2D eigenvalue weighted by Gasteiger charge is -2.09. The molecule has 2 aromatic rings. The number of pyridine rings is 1. The number of nitrogens with two attached hydrogens (primary N) is 1. The van der Waals surface area contributed by atoms with Crippen LogP contribution in [0.15, 0.2) is 42.7 Å². The van der Waals surface area contributed by atoms with Gasteiger partial charge in [-0.3, -0.25) is 4.98 Å². The third-order valence-corrected chi connectivity index (χ3v) is 2.53. The smallest absolute Gasteiger partial charge is 0.145 e. The quantitative estimate of drug-likeness (QED) is 0.875. The number of aryl methyl sites for hydroxylation is 1. The van der Waals surface area contributed by atoms with Crippen molar-refractivity contribution in [3.63, 3.8) is 0 Å². The number of hydrogen-bond acceptors (Lipinski definition) is 3. The maximum atomic E-state index is 5.75. The van der Waals surface area contributed by atoms with Crippen molar-refractivity contribution in [2.45, 2.75) is 13.3 Å². The number of ether oxygens (including phenoxy) is 1. The third kappa shape index (κ3) is 3.04. The first-order chi connectivity index (χ1) is 8.29. The van der Waals surface area contributed by atoms with Crippen molar-refractivity contribution in [1.29, 1.82) is 0 Å². The van der Waals surface area contributed by atoms with Gasteiger partial charge in [0.15, 0.2) is 0 Å². The Kier molecular flexibility index (Phi) is 3.73. The Hall–Kier alpha value is -1.87. The summed E-state index contributed by atoms with van der Waals surface area (Å²) in [6.07, 6.45) is 4.32. The van der Waals surface area contributed by atoms with Crippen molar-refractivity contribution < 1.29 is 4.74 Å². The molecule has 0 bridgehead atoms. The van der Waals surface area contributed by atoms with Gasteiger partial charge in [0.05, 0.1) is 6.20 Å². The van der Waals surface area contributed by atoms with Gasteiger partial charge in [-0.25, -0.2) is 0 Å². The van der Waals surface area contributed by atoms with Gasteiger partial charge in [-0.2, -0.15) is 0 Å². The van der Waals surface area contributed by atoms with Gasteiger partial charge in [0.25, 0.3) is 0 Å².